The van der Waals surface area contributed by atoms with E-state index in [-0.39, 0.29) is 0 Å². The molecule has 0 aliphatic carbocycles. The molecule has 0 atom stereocenters. The normalized spacial score (nSPS) is 10.1. The maximum absolute atomic E-state index is 10.1. The van der Waals surface area contributed by atoms with Crippen molar-refractivity contribution < 1.29 is 29.2 Å². The molecule has 1 rings (SSSR count). The van der Waals surface area contributed by atoms with E-state index in [0.717, 1.165) is 0 Å². The molecule has 8 heteroatoms. The van der Waals surface area contributed by atoms with Crippen LogP contribution in [0.3, 0.4) is 0 Å². The van der Waals surface area contributed by atoms with Crippen LogP contribution in [0.4, 0.5) is 0 Å². The summed E-state index contributed by atoms with van der Waals surface area (Å²) in [7, 11) is -4.10. The highest BCUT2D eigenvalue weighted by Gasteiger charge is 2.11. The summed E-state index contributed by atoms with van der Waals surface area (Å²) in [6.45, 7) is -0.439. The summed E-state index contributed by atoms with van der Waals surface area (Å²) in [6, 6.07) is 5.86. The van der Waals surface area contributed by atoms with Gasteiger partial charge in [-0.05, 0) is 0 Å². The van der Waals surface area contributed by atoms with Crippen LogP contribution in [-0.2, 0) is 9.36 Å². The lowest BCUT2D eigenvalue weighted by Crippen LogP contribution is -2.23. The number of H-pyrrole nitrogens is 1. The van der Waals surface area contributed by atoms with Gasteiger partial charge in [0.2, 0.25) is 0 Å². The summed E-state index contributed by atoms with van der Waals surface area (Å²) in [5, 5.41) is 10.1. The fourth-order valence-corrected chi connectivity index (χ4v) is 1.05. The number of hydrogen-bond acceptors (Lipinski definition) is 3. The molecule has 5 N–H and O–H groups in total. The highest BCUT2D eigenvalue weighted by Crippen LogP contribution is 2.31. The van der Waals surface area contributed by atoms with Crippen molar-refractivity contribution in [3.63, 3.8) is 0 Å². The second-order valence-corrected chi connectivity index (χ2v) is 4.37. The Kier molecular flexibility index (Phi) is 7.32. The molecular formula is C8H14N2O5P+. The lowest BCUT2D eigenvalue weighted by Gasteiger charge is -2.02. The number of hydrogen-bond donors (Lipinski definition) is 4. The van der Waals surface area contributed by atoms with Crippen molar-refractivity contribution in [2.24, 2.45) is 0 Å². The van der Waals surface area contributed by atoms with Crippen molar-refractivity contribution >= 4 is 13.6 Å². The Morgan fingerprint density at radius 2 is 1.81 bits per heavy atom. The van der Waals surface area contributed by atoms with Crippen molar-refractivity contribution in [2.45, 2.75) is 0 Å². The number of aliphatic carboxylic acids is 1. The predicted molar refractivity (Wildman–Crippen MR) is 55.5 cm³/mol. The molecule has 0 aliphatic heterocycles. The Morgan fingerprint density at radius 3 is 2.06 bits per heavy atom. The van der Waals surface area contributed by atoms with E-state index in [4.69, 9.17) is 14.9 Å². The van der Waals surface area contributed by atoms with Gasteiger partial charge in [-0.3, -0.25) is 14.7 Å². The third-order valence-electron chi connectivity index (χ3n) is 1.20. The fourth-order valence-electron chi connectivity index (χ4n) is 0.650. The Bertz CT molecular complexity index is 313. The monoisotopic (exact) mass is 249 g/mol. The van der Waals surface area contributed by atoms with E-state index in [1.54, 1.807) is 0 Å². The molecule has 0 unspecified atom stereocenters. The molecule has 1 aromatic heterocycles. The van der Waals surface area contributed by atoms with Crippen LogP contribution in [-0.4, -0.2) is 33.7 Å². The molecule has 0 fully saturated rings. The highest BCUT2D eigenvalue weighted by atomic mass is 31.2. The Labute approximate surface area is 92.3 Å². The summed E-state index contributed by atoms with van der Waals surface area (Å²) in [5.74, 6) is -1.14. The number of carbonyl (C=O) groups is 1. The molecule has 90 valence electrons. The molecule has 0 saturated carbocycles. The van der Waals surface area contributed by atoms with Gasteiger partial charge in [-0.1, -0.05) is 6.07 Å². The molecule has 0 aromatic carbocycles. The van der Waals surface area contributed by atoms with Gasteiger partial charge in [0.15, 0.2) is 12.4 Å². The summed E-state index contributed by atoms with van der Waals surface area (Å²) < 4.78 is 10.1. The minimum Gasteiger partial charge on any atom is -0.480 e. The minimum absolute atomic E-state index is 0.439. The Balaban J connectivity index is 0.000000315. The van der Waals surface area contributed by atoms with Gasteiger partial charge in [0.25, 0.3) is 0 Å². The zero-order valence-electron chi connectivity index (χ0n) is 8.41. The smallest absolute Gasteiger partial charge is 0.339 e. The van der Waals surface area contributed by atoms with Crippen LogP contribution in [0.5, 0.6) is 0 Å². The number of aromatic amines is 1. The average molecular weight is 249 g/mol. The Morgan fingerprint density at radius 1 is 1.25 bits per heavy atom. The standard InChI is InChI=1S/C5H5N.C3H8NO5P/c1-2-4-6-5-3-1;5-3(6)1-4-2-10(7,8)9/h1-5H;4H,1-2H2,(H,5,6)(H2,7,8,9)/p+1. The maximum Gasteiger partial charge on any atom is 0.339 e. The molecule has 0 bridgehead atoms. The molecule has 16 heavy (non-hydrogen) atoms. The molecule has 0 amide bonds. The first kappa shape index (κ1) is 14.7. The Hall–Kier alpha value is -1.27. The van der Waals surface area contributed by atoms with Crippen LogP contribution in [0.15, 0.2) is 30.6 Å². The number of pyridine rings is 1. The third-order valence-corrected chi connectivity index (χ3v) is 1.84. The van der Waals surface area contributed by atoms with Crippen LogP contribution in [0, 0.1) is 0 Å². The largest absolute Gasteiger partial charge is 0.480 e. The molecule has 7 nitrogen and oxygen atoms in total. The number of carboxylic acids is 1. The molecule has 1 heterocycles. The first-order valence-electron chi connectivity index (χ1n) is 4.30. The van der Waals surface area contributed by atoms with E-state index in [2.05, 4.69) is 10.3 Å². The van der Waals surface area contributed by atoms with Gasteiger partial charge in [0.1, 0.15) is 0 Å². The zero-order chi connectivity index (χ0) is 12.4. The topological polar surface area (TPSA) is 121 Å². The van der Waals surface area contributed by atoms with Crippen LogP contribution in [0.1, 0.15) is 0 Å². The maximum atomic E-state index is 10.1. The van der Waals surface area contributed by atoms with Gasteiger partial charge in [0, 0.05) is 12.1 Å². The van der Waals surface area contributed by atoms with Gasteiger partial charge in [0.05, 0.1) is 12.8 Å². The zero-order valence-corrected chi connectivity index (χ0v) is 9.30. The van der Waals surface area contributed by atoms with Gasteiger partial charge < -0.3 is 14.9 Å². The molecule has 0 aliphatic rings. The van der Waals surface area contributed by atoms with E-state index in [1.165, 1.54) is 0 Å². The van der Waals surface area contributed by atoms with E-state index < -0.39 is 26.4 Å². The molecule has 0 spiro atoms. The van der Waals surface area contributed by atoms with Crippen LogP contribution in [0.25, 0.3) is 0 Å². The van der Waals surface area contributed by atoms with Crippen LogP contribution < -0.4 is 10.3 Å². The summed E-state index contributed by atoms with van der Waals surface area (Å²) in [6.07, 6.45) is 3.15. The highest BCUT2D eigenvalue weighted by molar-refractivity contribution is 7.51. The van der Waals surface area contributed by atoms with Gasteiger partial charge in [-0.15, -0.1) is 0 Å². The summed E-state index contributed by atoms with van der Waals surface area (Å²) in [5.41, 5.74) is 0. The van der Waals surface area contributed by atoms with Gasteiger partial charge >= 0.3 is 13.6 Å². The van der Waals surface area contributed by atoms with Crippen molar-refractivity contribution in [1.29, 1.82) is 0 Å². The average Bonchev–Trinajstić information content (AvgIpc) is 2.18. The number of rotatable bonds is 4. The molecular weight excluding hydrogens is 235 g/mol. The second kappa shape index (κ2) is 7.95. The fraction of sp³-hybridized carbons (Fsp3) is 0.250. The first-order chi connectivity index (χ1) is 7.42. The lowest BCUT2D eigenvalue weighted by molar-refractivity contribution is -0.377. The third kappa shape index (κ3) is 12.7. The van der Waals surface area contributed by atoms with E-state index in [9.17, 15) is 9.36 Å². The second-order valence-electron chi connectivity index (χ2n) is 2.72. The quantitative estimate of drug-likeness (QED) is 0.523. The number of aromatic nitrogens is 1. The van der Waals surface area contributed by atoms with Crippen molar-refractivity contribution in [2.75, 3.05) is 12.8 Å². The molecule has 0 saturated heterocycles. The SMILES string of the molecule is O=C(O)CNCP(=O)(O)O.c1cc[nH+]cc1. The first-order valence-corrected chi connectivity index (χ1v) is 6.10. The van der Waals surface area contributed by atoms with E-state index in [0.29, 0.717) is 0 Å². The number of nitrogens with one attached hydrogen (secondary N) is 2. The predicted octanol–water partition coefficient (Wildman–Crippen LogP) is -0.704. The van der Waals surface area contributed by atoms with Gasteiger partial charge in [-0.2, -0.15) is 0 Å². The minimum atomic E-state index is -4.10. The molecule has 1 aromatic rings. The van der Waals surface area contributed by atoms with E-state index in [1.807, 2.05) is 30.6 Å². The van der Waals surface area contributed by atoms with Crippen molar-refractivity contribution in [1.82, 2.24) is 5.32 Å². The van der Waals surface area contributed by atoms with Crippen LogP contribution in [0.2, 0.25) is 0 Å². The summed E-state index contributed by atoms with van der Waals surface area (Å²) in [4.78, 5) is 29.0. The lowest BCUT2D eigenvalue weighted by atomic mass is 10.5. The number of carboxylic acid groups (broad SMARTS) is 1. The summed E-state index contributed by atoms with van der Waals surface area (Å²) >= 11 is 0. The van der Waals surface area contributed by atoms with Crippen molar-refractivity contribution in [3.05, 3.63) is 30.6 Å². The van der Waals surface area contributed by atoms with Crippen LogP contribution >= 0.6 is 7.60 Å². The molecule has 0 radical (unpaired) electrons. The van der Waals surface area contributed by atoms with Crippen molar-refractivity contribution in [3.8, 4) is 0 Å². The van der Waals surface area contributed by atoms with Gasteiger partial charge in [-0.25, -0.2) is 4.98 Å². The van der Waals surface area contributed by atoms with E-state index >= 15 is 0 Å².